The lowest BCUT2D eigenvalue weighted by Crippen LogP contribution is -2.43. The lowest BCUT2D eigenvalue weighted by atomic mass is 10.00. The molecule has 0 radical (unpaired) electrons. The molecule has 0 unspecified atom stereocenters. The molecule has 4 rings (SSSR count). The van der Waals surface area contributed by atoms with Crippen LogP contribution < -0.4 is 0 Å². The molecule has 2 atom stereocenters. The molecular formula is C29H37N3O4S. The van der Waals surface area contributed by atoms with E-state index in [1.165, 1.54) is 10.6 Å². The first-order valence-electron chi connectivity index (χ1n) is 12.6. The first-order chi connectivity index (χ1) is 17.6. The average molecular weight is 524 g/mol. The average Bonchev–Trinajstić information content (AvgIpc) is 2.89. The highest BCUT2D eigenvalue weighted by Gasteiger charge is 2.30. The predicted molar refractivity (Wildman–Crippen MR) is 148 cm³/mol. The molecule has 7 nitrogen and oxygen atoms in total. The number of nitrogens with zero attached hydrogens (tertiary/aromatic N) is 3. The van der Waals surface area contributed by atoms with E-state index in [0.29, 0.717) is 25.9 Å². The molecule has 0 saturated carbocycles. The van der Waals surface area contributed by atoms with Gasteiger partial charge in [-0.3, -0.25) is 4.98 Å². The van der Waals surface area contributed by atoms with Crippen LogP contribution in [0.15, 0.2) is 79.0 Å². The Labute approximate surface area is 221 Å². The van der Waals surface area contributed by atoms with Crippen LogP contribution in [0.5, 0.6) is 0 Å². The summed E-state index contributed by atoms with van der Waals surface area (Å²) >= 11 is 0. The van der Waals surface area contributed by atoms with Gasteiger partial charge in [0.25, 0.3) is 0 Å². The summed E-state index contributed by atoms with van der Waals surface area (Å²) in [6.07, 6.45) is 4.58. The Balaban J connectivity index is 0.000000555. The summed E-state index contributed by atoms with van der Waals surface area (Å²) in [5, 5.41) is 0. The fourth-order valence-corrected chi connectivity index (χ4v) is 4.61. The van der Waals surface area contributed by atoms with Crippen molar-refractivity contribution in [2.75, 3.05) is 26.4 Å². The molecule has 198 valence electrons. The fourth-order valence-electron chi connectivity index (χ4n) is 4.15. The summed E-state index contributed by atoms with van der Waals surface area (Å²) in [6.45, 7) is 5.03. The van der Waals surface area contributed by atoms with Gasteiger partial charge in [-0.15, -0.1) is 0 Å². The molecule has 2 aromatic carbocycles. The van der Waals surface area contributed by atoms with Crippen LogP contribution >= 0.6 is 0 Å². The first-order valence-corrected chi connectivity index (χ1v) is 14.4. The van der Waals surface area contributed by atoms with Gasteiger partial charge in [0.15, 0.2) is 0 Å². The van der Waals surface area contributed by atoms with Gasteiger partial charge >= 0.3 is 6.09 Å². The number of amides is 1. The normalized spacial score (nSPS) is 16.5. The van der Waals surface area contributed by atoms with Crippen molar-refractivity contribution in [2.24, 2.45) is 0 Å². The standard InChI is InChI=1S/C23H31N3O4S.C6H6/c1-17-16-21(11-13-24-17)20-9-7-19(8-10-20)18(2)26-15-12-22(30-23(26)27)6-5-14-25(3)31(4,28)29;1-2-4-6-5-3-1/h7-11,13,16,18,22H,5-6,12,14-15H2,1-4H3;1-6H/t18-,22+;/m0./s1. The van der Waals surface area contributed by atoms with Crippen LogP contribution in [0.25, 0.3) is 11.1 Å². The monoisotopic (exact) mass is 523 g/mol. The molecule has 1 aromatic heterocycles. The lowest BCUT2D eigenvalue weighted by Gasteiger charge is -2.36. The maximum absolute atomic E-state index is 12.6. The van der Waals surface area contributed by atoms with Crippen molar-refractivity contribution in [3.05, 3.63) is 90.3 Å². The zero-order valence-electron chi connectivity index (χ0n) is 22.1. The number of hydrogen-bond acceptors (Lipinski definition) is 5. The number of carbonyl (C=O) groups excluding carboxylic acids is 1. The van der Waals surface area contributed by atoms with Crippen LogP contribution in [-0.4, -0.2) is 61.2 Å². The second-order valence-electron chi connectivity index (χ2n) is 9.35. The minimum absolute atomic E-state index is 0.0851. The third-order valence-electron chi connectivity index (χ3n) is 6.52. The van der Waals surface area contributed by atoms with Gasteiger partial charge in [-0.2, -0.15) is 0 Å². The van der Waals surface area contributed by atoms with Gasteiger partial charge < -0.3 is 9.64 Å². The maximum atomic E-state index is 12.6. The predicted octanol–water partition coefficient (Wildman–Crippen LogP) is 5.69. The van der Waals surface area contributed by atoms with Gasteiger partial charge in [-0.1, -0.05) is 60.7 Å². The quantitative estimate of drug-likeness (QED) is 0.379. The Morgan fingerprint density at radius 3 is 2.22 bits per heavy atom. The highest BCUT2D eigenvalue weighted by Crippen LogP contribution is 2.28. The number of cyclic esters (lactones) is 1. The lowest BCUT2D eigenvalue weighted by molar-refractivity contribution is 0.00895. The molecule has 1 fully saturated rings. The van der Waals surface area contributed by atoms with E-state index in [0.717, 1.165) is 28.8 Å². The van der Waals surface area contributed by atoms with Crippen molar-refractivity contribution in [1.82, 2.24) is 14.2 Å². The molecule has 2 heterocycles. The minimum atomic E-state index is -3.18. The Morgan fingerprint density at radius 1 is 1.05 bits per heavy atom. The smallest absolute Gasteiger partial charge is 0.410 e. The van der Waals surface area contributed by atoms with Crippen molar-refractivity contribution in [3.63, 3.8) is 0 Å². The number of sulfonamides is 1. The van der Waals surface area contributed by atoms with Crippen LogP contribution in [0.2, 0.25) is 0 Å². The number of carbonyl (C=O) groups is 1. The van der Waals surface area contributed by atoms with Crippen molar-refractivity contribution < 1.29 is 17.9 Å². The fraction of sp³-hybridized carbons (Fsp3) is 0.379. The third kappa shape index (κ3) is 8.68. The molecule has 37 heavy (non-hydrogen) atoms. The number of aromatic nitrogens is 1. The van der Waals surface area contributed by atoms with Crippen LogP contribution in [0.4, 0.5) is 4.79 Å². The van der Waals surface area contributed by atoms with Gasteiger partial charge in [0.2, 0.25) is 10.0 Å². The Hall–Kier alpha value is -3.23. The van der Waals surface area contributed by atoms with Gasteiger partial charge in [-0.25, -0.2) is 17.5 Å². The molecule has 1 aliphatic rings. The SMILES string of the molecule is Cc1cc(-c2ccc([C@H](C)N3CC[C@@H](CCCN(C)S(C)(=O)=O)OC3=O)cc2)ccn1.c1ccccc1. The molecule has 0 aliphatic carbocycles. The summed E-state index contributed by atoms with van der Waals surface area (Å²) in [6, 6.07) is 24.2. The Bertz CT molecular complexity index is 1210. The van der Waals surface area contributed by atoms with Gasteiger partial charge in [-0.05, 0) is 55.5 Å². The van der Waals surface area contributed by atoms with Crippen molar-refractivity contribution in [2.45, 2.75) is 45.3 Å². The van der Waals surface area contributed by atoms with Crippen LogP contribution in [0, 0.1) is 6.92 Å². The van der Waals surface area contributed by atoms with Crippen LogP contribution in [-0.2, 0) is 14.8 Å². The van der Waals surface area contributed by atoms with E-state index < -0.39 is 10.0 Å². The van der Waals surface area contributed by atoms with Crippen LogP contribution in [0.1, 0.15) is 43.5 Å². The molecule has 0 bridgehead atoms. The highest BCUT2D eigenvalue weighted by atomic mass is 32.2. The van der Waals surface area contributed by atoms with Crippen molar-refractivity contribution >= 4 is 16.1 Å². The molecule has 8 heteroatoms. The van der Waals surface area contributed by atoms with E-state index in [9.17, 15) is 13.2 Å². The Morgan fingerprint density at radius 2 is 1.68 bits per heavy atom. The summed E-state index contributed by atoms with van der Waals surface area (Å²) in [5.41, 5.74) is 4.26. The van der Waals surface area contributed by atoms with Crippen LogP contribution in [0.3, 0.4) is 0 Å². The van der Waals surface area contributed by atoms with E-state index in [4.69, 9.17) is 4.74 Å². The van der Waals surface area contributed by atoms with E-state index in [2.05, 4.69) is 29.2 Å². The third-order valence-corrected chi connectivity index (χ3v) is 7.83. The molecule has 3 aromatic rings. The van der Waals surface area contributed by atoms with Gasteiger partial charge in [0.1, 0.15) is 6.10 Å². The molecule has 1 saturated heterocycles. The molecular weight excluding hydrogens is 486 g/mol. The van der Waals surface area contributed by atoms with Crippen molar-refractivity contribution in [3.8, 4) is 11.1 Å². The molecule has 0 N–H and O–H groups in total. The highest BCUT2D eigenvalue weighted by molar-refractivity contribution is 7.88. The molecule has 0 spiro atoms. The number of ether oxygens (including phenoxy) is 1. The summed E-state index contributed by atoms with van der Waals surface area (Å²) < 4.78 is 29.9. The second-order valence-corrected chi connectivity index (χ2v) is 11.4. The zero-order valence-corrected chi connectivity index (χ0v) is 22.9. The van der Waals surface area contributed by atoms with E-state index in [1.807, 2.05) is 62.4 Å². The number of rotatable bonds is 8. The largest absolute Gasteiger partial charge is 0.446 e. The zero-order chi connectivity index (χ0) is 26.8. The second kappa shape index (κ2) is 13.4. The molecule has 1 aliphatic heterocycles. The number of benzene rings is 2. The number of hydrogen-bond donors (Lipinski definition) is 0. The van der Waals surface area contributed by atoms with Gasteiger partial charge in [0.05, 0.1) is 12.3 Å². The van der Waals surface area contributed by atoms with Gasteiger partial charge in [0, 0.05) is 38.4 Å². The number of aryl methyl sites for hydroxylation is 1. The molecule has 1 amide bonds. The maximum Gasteiger partial charge on any atom is 0.410 e. The summed E-state index contributed by atoms with van der Waals surface area (Å²) in [5.74, 6) is 0. The van der Waals surface area contributed by atoms with E-state index >= 15 is 0 Å². The van der Waals surface area contributed by atoms with E-state index in [1.54, 1.807) is 18.1 Å². The summed E-state index contributed by atoms with van der Waals surface area (Å²) in [4.78, 5) is 18.6. The number of pyridine rings is 1. The summed E-state index contributed by atoms with van der Waals surface area (Å²) in [7, 11) is -1.61. The topological polar surface area (TPSA) is 79.8 Å². The van der Waals surface area contributed by atoms with Crippen molar-refractivity contribution in [1.29, 1.82) is 0 Å². The first kappa shape index (κ1) is 28.3. The van der Waals surface area contributed by atoms with E-state index in [-0.39, 0.29) is 18.2 Å². The minimum Gasteiger partial charge on any atom is -0.446 e. The Kier molecular flexibility index (Phi) is 10.2.